The van der Waals surface area contributed by atoms with E-state index in [2.05, 4.69) is 25.4 Å². The molecule has 2 aromatic heterocycles. The number of nitrogens with zero attached hydrogens (tertiary/aromatic N) is 4. The fraction of sp³-hybridized carbons (Fsp3) is 0.500. The molecule has 0 unspecified atom stereocenters. The number of hydrogen-bond acceptors (Lipinski definition) is 8. The average Bonchev–Trinajstić information content (AvgIpc) is 2.92. The normalized spacial score (nSPS) is 16.7. The fourth-order valence-electron chi connectivity index (χ4n) is 1.81. The second kappa shape index (κ2) is 5.14. The molecule has 1 saturated heterocycles. The van der Waals surface area contributed by atoms with Gasteiger partial charge in [-0.25, -0.2) is 9.97 Å². The fourth-order valence-corrected chi connectivity index (χ4v) is 1.81. The summed E-state index contributed by atoms with van der Waals surface area (Å²) in [7, 11) is 1.54. The predicted octanol–water partition coefficient (Wildman–Crippen LogP) is 0.414. The van der Waals surface area contributed by atoms with Gasteiger partial charge in [-0.1, -0.05) is 5.16 Å². The first-order chi connectivity index (χ1) is 9.68. The van der Waals surface area contributed by atoms with E-state index in [1.165, 1.54) is 13.4 Å². The molecule has 0 bridgehead atoms. The summed E-state index contributed by atoms with van der Waals surface area (Å²) in [6.07, 6.45) is 1.39. The quantitative estimate of drug-likeness (QED) is 0.839. The lowest BCUT2D eigenvalue weighted by molar-refractivity contribution is -0.0841. The lowest BCUT2D eigenvalue weighted by atomic mass is 10.0. The van der Waals surface area contributed by atoms with E-state index in [4.69, 9.17) is 14.0 Å². The molecule has 1 aliphatic rings. The molecule has 20 heavy (non-hydrogen) atoms. The minimum atomic E-state index is -0.146. The van der Waals surface area contributed by atoms with Crippen LogP contribution < -0.4 is 10.1 Å². The molecule has 0 amide bonds. The van der Waals surface area contributed by atoms with Crippen LogP contribution in [0, 0.1) is 0 Å². The third-order valence-corrected chi connectivity index (χ3v) is 3.09. The highest BCUT2D eigenvalue weighted by Gasteiger charge is 2.33. The van der Waals surface area contributed by atoms with E-state index in [9.17, 15) is 0 Å². The van der Waals surface area contributed by atoms with Crippen LogP contribution in [-0.4, -0.2) is 45.9 Å². The van der Waals surface area contributed by atoms with Gasteiger partial charge >= 0.3 is 0 Å². The van der Waals surface area contributed by atoms with E-state index in [0.717, 1.165) is 13.1 Å². The maximum atomic E-state index is 5.73. The number of nitrogens with one attached hydrogen (secondary N) is 1. The summed E-state index contributed by atoms with van der Waals surface area (Å²) in [5, 5.41) is 7.04. The van der Waals surface area contributed by atoms with Crippen LogP contribution in [0.3, 0.4) is 0 Å². The standard InChI is InChI=1S/C12H15N5O3/c1-12(5-13-6-12)19-4-10-16-11(17-20-10)8-3-9(18-2)15-7-14-8/h3,7,13H,4-6H2,1-2H3. The summed E-state index contributed by atoms with van der Waals surface area (Å²) in [4.78, 5) is 12.3. The molecule has 0 aromatic carbocycles. The average molecular weight is 277 g/mol. The van der Waals surface area contributed by atoms with Crippen LogP contribution in [0.25, 0.3) is 11.5 Å². The van der Waals surface area contributed by atoms with Gasteiger partial charge in [-0.15, -0.1) is 0 Å². The van der Waals surface area contributed by atoms with Crippen molar-refractivity contribution in [3.8, 4) is 17.4 Å². The van der Waals surface area contributed by atoms with Gasteiger partial charge in [0.05, 0.1) is 12.7 Å². The molecule has 3 heterocycles. The third kappa shape index (κ3) is 2.61. The summed E-state index contributed by atoms with van der Waals surface area (Å²) in [6, 6.07) is 1.65. The first kappa shape index (κ1) is 12.9. The molecule has 0 spiro atoms. The van der Waals surface area contributed by atoms with Gasteiger partial charge in [0.15, 0.2) is 0 Å². The summed E-state index contributed by atoms with van der Waals surface area (Å²) in [5.41, 5.74) is 0.399. The minimum Gasteiger partial charge on any atom is -0.481 e. The molecule has 1 N–H and O–H groups in total. The van der Waals surface area contributed by atoms with Crippen LogP contribution >= 0.6 is 0 Å². The highest BCUT2D eigenvalue weighted by molar-refractivity contribution is 5.48. The Labute approximate surface area is 115 Å². The zero-order valence-corrected chi connectivity index (χ0v) is 11.3. The second-order valence-corrected chi connectivity index (χ2v) is 4.80. The molecule has 3 rings (SSSR count). The Hall–Kier alpha value is -2.06. The monoisotopic (exact) mass is 277 g/mol. The van der Waals surface area contributed by atoms with Gasteiger partial charge in [-0.05, 0) is 6.92 Å². The number of rotatable bonds is 5. The molecule has 1 aliphatic heterocycles. The summed E-state index contributed by atoms with van der Waals surface area (Å²) < 4.78 is 15.9. The molecule has 8 nitrogen and oxygen atoms in total. The zero-order chi connectivity index (χ0) is 14.0. The number of methoxy groups -OCH3 is 1. The van der Waals surface area contributed by atoms with Crippen molar-refractivity contribution in [3.63, 3.8) is 0 Å². The first-order valence-corrected chi connectivity index (χ1v) is 6.22. The van der Waals surface area contributed by atoms with Crippen LogP contribution in [-0.2, 0) is 11.3 Å². The van der Waals surface area contributed by atoms with Gasteiger partial charge in [-0.3, -0.25) is 0 Å². The molecule has 2 aromatic rings. The number of aromatic nitrogens is 4. The molecule has 8 heteroatoms. The van der Waals surface area contributed by atoms with Crippen LogP contribution in [0.2, 0.25) is 0 Å². The maximum absolute atomic E-state index is 5.73. The summed E-state index contributed by atoms with van der Waals surface area (Å²) in [5.74, 6) is 1.26. The van der Waals surface area contributed by atoms with Crippen molar-refractivity contribution in [3.05, 3.63) is 18.3 Å². The first-order valence-electron chi connectivity index (χ1n) is 6.22. The van der Waals surface area contributed by atoms with Gasteiger partial charge in [0.25, 0.3) is 5.89 Å². The SMILES string of the molecule is COc1cc(-c2noc(COC3(C)CNC3)n2)ncn1. The van der Waals surface area contributed by atoms with Crippen LogP contribution in [0.1, 0.15) is 12.8 Å². The molecule has 106 valence electrons. The highest BCUT2D eigenvalue weighted by Crippen LogP contribution is 2.19. The van der Waals surface area contributed by atoms with Crippen molar-refractivity contribution in [2.24, 2.45) is 0 Å². The number of hydrogen-bond donors (Lipinski definition) is 1. The van der Waals surface area contributed by atoms with E-state index in [0.29, 0.717) is 23.3 Å². The Morgan fingerprint density at radius 3 is 2.95 bits per heavy atom. The van der Waals surface area contributed by atoms with E-state index in [-0.39, 0.29) is 12.2 Å². The Morgan fingerprint density at radius 1 is 1.40 bits per heavy atom. The van der Waals surface area contributed by atoms with Crippen molar-refractivity contribution in [1.82, 2.24) is 25.4 Å². The predicted molar refractivity (Wildman–Crippen MR) is 67.9 cm³/mol. The Bertz CT molecular complexity index is 596. The zero-order valence-electron chi connectivity index (χ0n) is 11.3. The molecule has 0 saturated carbocycles. The molecule has 0 atom stereocenters. The Balaban J connectivity index is 1.69. The smallest absolute Gasteiger partial charge is 0.253 e. The van der Waals surface area contributed by atoms with Crippen molar-refractivity contribution in [2.75, 3.05) is 20.2 Å². The Kier molecular flexibility index (Phi) is 3.33. The van der Waals surface area contributed by atoms with Crippen molar-refractivity contribution < 1.29 is 14.0 Å². The van der Waals surface area contributed by atoms with Crippen molar-refractivity contribution in [1.29, 1.82) is 0 Å². The van der Waals surface area contributed by atoms with Gasteiger partial charge in [0.1, 0.15) is 18.6 Å². The molecule has 1 fully saturated rings. The van der Waals surface area contributed by atoms with Crippen LogP contribution in [0.4, 0.5) is 0 Å². The van der Waals surface area contributed by atoms with Gasteiger partial charge in [0, 0.05) is 19.2 Å². The molecular formula is C12H15N5O3. The summed E-state index contributed by atoms with van der Waals surface area (Å²) in [6.45, 7) is 3.98. The van der Waals surface area contributed by atoms with Gasteiger partial charge in [0.2, 0.25) is 11.7 Å². The topological polar surface area (TPSA) is 95.2 Å². The molecule has 0 radical (unpaired) electrons. The van der Waals surface area contributed by atoms with E-state index in [1.54, 1.807) is 6.07 Å². The maximum Gasteiger partial charge on any atom is 0.253 e. The minimum absolute atomic E-state index is 0.146. The summed E-state index contributed by atoms with van der Waals surface area (Å²) >= 11 is 0. The van der Waals surface area contributed by atoms with E-state index < -0.39 is 0 Å². The van der Waals surface area contributed by atoms with Gasteiger partial charge < -0.3 is 19.3 Å². The third-order valence-electron chi connectivity index (χ3n) is 3.09. The van der Waals surface area contributed by atoms with E-state index in [1.807, 2.05) is 6.92 Å². The Morgan fingerprint density at radius 2 is 2.25 bits per heavy atom. The van der Waals surface area contributed by atoms with Crippen LogP contribution in [0.15, 0.2) is 16.9 Å². The molecule has 0 aliphatic carbocycles. The van der Waals surface area contributed by atoms with Crippen LogP contribution in [0.5, 0.6) is 5.88 Å². The van der Waals surface area contributed by atoms with Crippen molar-refractivity contribution >= 4 is 0 Å². The number of ether oxygens (including phenoxy) is 2. The van der Waals surface area contributed by atoms with Gasteiger partial charge in [-0.2, -0.15) is 4.98 Å². The van der Waals surface area contributed by atoms with Crippen molar-refractivity contribution in [2.45, 2.75) is 19.1 Å². The molecular weight excluding hydrogens is 262 g/mol. The second-order valence-electron chi connectivity index (χ2n) is 4.80. The van der Waals surface area contributed by atoms with E-state index >= 15 is 0 Å². The largest absolute Gasteiger partial charge is 0.481 e. The lowest BCUT2D eigenvalue weighted by Gasteiger charge is -2.38. The highest BCUT2D eigenvalue weighted by atomic mass is 16.5. The lowest BCUT2D eigenvalue weighted by Crippen LogP contribution is -2.58.